The van der Waals surface area contributed by atoms with E-state index in [0.29, 0.717) is 5.92 Å². The molecule has 1 unspecified atom stereocenters. The molecule has 2 rings (SSSR count). The summed E-state index contributed by atoms with van der Waals surface area (Å²) >= 11 is 0. The molecule has 26 heavy (non-hydrogen) atoms. The molecule has 2 aliphatic rings. The third kappa shape index (κ3) is 6.78. The number of aliphatic imine (C=N–C) groups is 1. The number of hydrogen-bond acceptors (Lipinski definition) is 3. The maximum atomic E-state index is 11.9. The number of ether oxygens (including phenoxy) is 1. The number of guanidine groups is 1. The van der Waals surface area contributed by atoms with Crippen molar-refractivity contribution in [2.24, 2.45) is 22.2 Å². The molecule has 6 nitrogen and oxygen atoms in total. The number of hydrogen-bond donors (Lipinski definition) is 2. The minimum Gasteiger partial charge on any atom is -0.381 e. The van der Waals surface area contributed by atoms with Crippen LogP contribution in [0.15, 0.2) is 4.99 Å². The number of nitrogens with zero attached hydrogens (tertiary/aromatic N) is 2. The summed E-state index contributed by atoms with van der Waals surface area (Å²) in [6, 6.07) is 0. The lowest BCUT2D eigenvalue weighted by Gasteiger charge is -2.37. The van der Waals surface area contributed by atoms with E-state index in [-0.39, 0.29) is 17.9 Å². The van der Waals surface area contributed by atoms with E-state index in [1.54, 1.807) is 19.0 Å². The fourth-order valence-corrected chi connectivity index (χ4v) is 3.79. The molecule has 0 radical (unpaired) electrons. The van der Waals surface area contributed by atoms with Crippen molar-refractivity contribution in [2.75, 3.05) is 46.9 Å². The Morgan fingerprint density at radius 2 is 1.88 bits per heavy atom. The molecule has 0 spiro atoms. The highest BCUT2D eigenvalue weighted by atomic mass is 16.5. The molecule has 6 heteroatoms. The van der Waals surface area contributed by atoms with Gasteiger partial charge in [-0.05, 0) is 30.6 Å². The fourth-order valence-electron chi connectivity index (χ4n) is 3.79. The van der Waals surface area contributed by atoms with Gasteiger partial charge in [0.25, 0.3) is 0 Å². The molecular weight excluding hydrogens is 328 g/mol. The fraction of sp³-hybridized carbons (Fsp3) is 0.900. The number of amides is 1. The number of carbonyl (C=O) groups is 1. The monoisotopic (exact) mass is 366 g/mol. The van der Waals surface area contributed by atoms with Crippen molar-refractivity contribution in [1.29, 1.82) is 0 Å². The average molecular weight is 367 g/mol. The number of likely N-dealkylation sites (N-methyl/N-ethyl adjacent to an activating group) is 1. The summed E-state index contributed by atoms with van der Waals surface area (Å²) in [5.41, 5.74) is 0.227. The molecule has 1 heterocycles. The van der Waals surface area contributed by atoms with E-state index in [1.807, 2.05) is 0 Å². The zero-order chi connectivity index (χ0) is 19.0. The predicted molar refractivity (Wildman–Crippen MR) is 106 cm³/mol. The predicted octanol–water partition coefficient (Wildman–Crippen LogP) is 2.25. The van der Waals surface area contributed by atoms with Crippen molar-refractivity contribution in [2.45, 2.75) is 52.4 Å². The van der Waals surface area contributed by atoms with Crippen LogP contribution < -0.4 is 10.6 Å². The molecule has 1 amide bonds. The van der Waals surface area contributed by atoms with Gasteiger partial charge in [-0.3, -0.25) is 4.79 Å². The van der Waals surface area contributed by atoms with E-state index in [1.165, 1.54) is 32.1 Å². The molecule has 150 valence electrons. The van der Waals surface area contributed by atoms with Crippen molar-refractivity contribution in [3.63, 3.8) is 0 Å². The molecule has 1 atom stereocenters. The van der Waals surface area contributed by atoms with Crippen LogP contribution in [-0.2, 0) is 9.53 Å². The Kier molecular flexibility index (Phi) is 8.19. The van der Waals surface area contributed by atoms with Gasteiger partial charge >= 0.3 is 0 Å². The third-order valence-electron chi connectivity index (χ3n) is 5.88. The summed E-state index contributed by atoms with van der Waals surface area (Å²) in [7, 11) is 3.53. The highest BCUT2D eigenvalue weighted by Crippen LogP contribution is 2.37. The van der Waals surface area contributed by atoms with Gasteiger partial charge in [-0.1, -0.05) is 33.1 Å². The second-order valence-electron chi connectivity index (χ2n) is 8.74. The van der Waals surface area contributed by atoms with Crippen LogP contribution in [-0.4, -0.2) is 63.7 Å². The second kappa shape index (κ2) is 10.1. The zero-order valence-electron chi connectivity index (χ0n) is 17.1. The number of rotatable bonds is 7. The van der Waals surface area contributed by atoms with E-state index >= 15 is 0 Å². The summed E-state index contributed by atoms with van der Waals surface area (Å²) in [4.78, 5) is 18.0. The van der Waals surface area contributed by atoms with Crippen molar-refractivity contribution in [3.8, 4) is 0 Å². The normalized spacial score (nSPS) is 22.3. The van der Waals surface area contributed by atoms with Crippen molar-refractivity contribution in [3.05, 3.63) is 0 Å². The molecule has 1 saturated carbocycles. The highest BCUT2D eigenvalue weighted by molar-refractivity contribution is 5.84. The van der Waals surface area contributed by atoms with Gasteiger partial charge in [-0.2, -0.15) is 0 Å². The van der Waals surface area contributed by atoms with E-state index in [4.69, 9.17) is 4.74 Å². The zero-order valence-corrected chi connectivity index (χ0v) is 17.1. The van der Waals surface area contributed by atoms with E-state index in [9.17, 15) is 4.79 Å². The highest BCUT2D eigenvalue weighted by Gasteiger charge is 2.30. The van der Waals surface area contributed by atoms with Crippen LogP contribution in [0.2, 0.25) is 0 Å². The maximum Gasteiger partial charge on any atom is 0.243 e. The summed E-state index contributed by atoms with van der Waals surface area (Å²) in [6.45, 7) is 8.25. The lowest BCUT2D eigenvalue weighted by Crippen LogP contribution is -2.46. The molecule has 2 fully saturated rings. The van der Waals surface area contributed by atoms with Crippen LogP contribution in [0.1, 0.15) is 52.4 Å². The SMILES string of the molecule is CN(C)C(=O)CN=C(NCC1CCOC1)NCC(C)(C)C1CCCCC1. The van der Waals surface area contributed by atoms with Gasteiger partial charge in [-0.15, -0.1) is 0 Å². The molecule has 0 aromatic carbocycles. The Bertz CT molecular complexity index is 464. The van der Waals surface area contributed by atoms with Gasteiger partial charge < -0.3 is 20.3 Å². The smallest absolute Gasteiger partial charge is 0.243 e. The summed E-state index contributed by atoms with van der Waals surface area (Å²) in [6.07, 6.45) is 7.83. The molecular formula is C20H38N4O2. The molecule has 1 aliphatic carbocycles. The van der Waals surface area contributed by atoms with Crippen LogP contribution in [0.3, 0.4) is 0 Å². The van der Waals surface area contributed by atoms with Gasteiger partial charge in [0.15, 0.2) is 5.96 Å². The average Bonchev–Trinajstić information content (AvgIpc) is 3.15. The lowest BCUT2D eigenvalue weighted by atomic mass is 9.71. The minimum atomic E-state index is 0.0156. The van der Waals surface area contributed by atoms with Crippen molar-refractivity contribution >= 4 is 11.9 Å². The van der Waals surface area contributed by atoms with Crippen LogP contribution in [0.25, 0.3) is 0 Å². The van der Waals surface area contributed by atoms with Gasteiger partial charge in [0.2, 0.25) is 5.91 Å². The van der Waals surface area contributed by atoms with E-state index in [2.05, 4.69) is 29.5 Å². The molecule has 0 bridgehead atoms. The Balaban J connectivity index is 1.90. The number of carbonyl (C=O) groups excluding carboxylic acids is 1. The Morgan fingerprint density at radius 1 is 1.15 bits per heavy atom. The summed E-state index contributed by atoms with van der Waals surface area (Å²) in [5.74, 6) is 2.05. The maximum absolute atomic E-state index is 11.9. The lowest BCUT2D eigenvalue weighted by molar-refractivity contribution is -0.127. The topological polar surface area (TPSA) is 66.0 Å². The first-order chi connectivity index (χ1) is 12.4. The Hall–Kier alpha value is -1.30. The van der Waals surface area contributed by atoms with Gasteiger partial charge in [0, 0.05) is 39.7 Å². The Labute approximate surface area is 159 Å². The first-order valence-electron chi connectivity index (χ1n) is 10.2. The quantitative estimate of drug-likeness (QED) is 0.536. The third-order valence-corrected chi connectivity index (χ3v) is 5.88. The van der Waals surface area contributed by atoms with Crippen molar-refractivity contribution < 1.29 is 9.53 Å². The molecule has 2 N–H and O–H groups in total. The first-order valence-corrected chi connectivity index (χ1v) is 10.2. The summed E-state index contributed by atoms with van der Waals surface area (Å²) < 4.78 is 5.45. The van der Waals surface area contributed by atoms with Crippen molar-refractivity contribution in [1.82, 2.24) is 15.5 Å². The molecule has 0 aromatic rings. The van der Waals surface area contributed by atoms with Gasteiger partial charge in [0.1, 0.15) is 6.54 Å². The first kappa shape index (κ1) is 21.0. The Morgan fingerprint density at radius 3 is 2.50 bits per heavy atom. The van der Waals surface area contributed by atoms with Gasteiger partial charge in [-0.25, -0.2) is 4.99 Å². The van der Waals surface area contributed by atoms with Crippen LogP contribution in [0, 0.1) is 17.3 Å². The van der Waals surface area contributed by atoms with Crippen LogP contribution >= 0.6 is 0 Å². The van der Waals surface area contributed by atoms with Gasteiger partial charge in [0.05, 0.1) is 6.61 Å². The molecule has 1 aliphatic heterocycles. The molecule has 1 saturated heterocycles. The molecule has 0 aromatic heterocycles. The largest absolute Gasteiger partial charge is 0.381 e. The summed E-state index contributed by atoms with van der Waals surface area (Å²) in [5, 5.41) is 6.92. The van der Waals surface area contributed by atoms with Crippen LogP contribution in [0.4, 0.5) is 0 Å². The second-order valence-corrected chi connectivity index (χ2v) is 8.74. The van der Waals surface area contributed by atoms with Crippen LogP contribution in [0.5, 0.6) is 0 Å². The van der Waals surface area contributed by atoms with E-state index < -0.39 is 0 Å². The minimum absolute atomic E-state index is 0.0156. The number of nitrogens with one attached hydrogen (secondary N) is 2. The van der Waals surface area contributed by atoms with E-state index in [0.717, 1.165) is 44.6 Å². The standard InChI is InChI=1S/C20H38N4O2/c1-20(2,17-8-6-5-7-9-17)15-23-19(22-13-18(25)24(3)4)21-12-16-10-11-26-14-16/h16-17H,5-15H2,1-4H3,(H2,21,22,23).